The summed E-state index contributed by atoms with van der Waals surface area (Å²) in [5, 5.41) is 32.5. The maximum atomic E-state index is 14.8. The third-order valence-electron chi connectivity index (χ3n) is 18.1. The van der Waals surface area contributed by atoms with Crippen LogP contribution in [0.1, 0.15) is 156 Å². The number of carbonyl (C=O) groups excluding carboxylic acids is 5. The zero-order valence-corrected chi connectivity index (χ0v) is 53.5. The fraction of sp³-hybridized carbons (Fsp3) is 0.716. The normalized spacial score (nSPS) is 33.2. The van der Waals surface area contributed by atoms with E-state index < -0.39 is 71.7 Å². The number of hydrogen-bond donors (Lipinski definition) is 2. The Bertz CT molecular complexity index is 2580. The second-order valence-corrected chi connectivity index (χ2v) is 24.9. The van der Waals surface area contributed by atoms with E-state index in [2.05, 4.69) is 10.3 Å². The lowest BCUT2D eigenvalue weighted by atomic mass is 9.78. The summed E-state index contributed by atoms with van der Waals surface area (Å²) < 4.78 is 54.7. The van der Waals surface area contributed by atoms with Crippen LogP contribution in [0.3, 0.4) is 0 Å². The van der Waals surface area contributed by atoms with E-state index in [1.54, 1.807) is 58.1 Å². The van der Waals surface area contributed by atoms with Gasteiger partial charge in [0.1, 0.15) is 35.9 Å². The zero-order valence-electron chi connectivity index (χ0n) is 53.5. The van der Waals surface area contributed by atoms with Crippen LogP contribution in [0.4, 0.5) is 0 Å². The Morgan fingerprint density at radius 1 is 0.828 bits per heavy atom. The second-order valence-electron chi connectivity index (χ2n) is 24.9. The Balaban J connectivity index is 1.16. The molecule has 3 fully saturated rings. The molecule has 1 saturated carbocycles. The molecule has 6 rings (SSSR count). The third kappa shape index (κ3) is 21.0. The SMILES string of the molecule is COCCOCCOCCn1cc(CCCCO[C@@H]2CC[C@@H](C[C@@H](C)[C@@H]3CC(=O)[C@H](C)/C=C(\C)[C@@H](O)[C@@H](OC)C(=O)[C@H](C)C[C@H](C)/C=C/C=C/C=C(\C)C(c4ccco4)C[C@@H]4CC[C@@H](C)[C@@](O)(O4)C(=O)C(=O)N4CCCC[C@H]4C(=O)O3)C[C@H]2OC)nn1. The number of furan rings is 1. The van der Waals surface area contributed by atoms with E-state index >= 15 is 0 Å². The van der Waals surface area contributed by atoms with Gasteiger partial charge in [0.05, 0.1) is 69.8 Å². The van der Waals surface area contributed by atoms with Crippen LogP contribution >= 0.6 is 0 Å². The summed E-state index contributed by atoms with van der Waals surface area (Å²) in [5.74, 6) is -7.67. The summed E-state index contributed by atoms with van der Waals surface area (Å²) in [7, 11) is 4.72. The number of nitrogens with zero attached hydrogens (tertiary/aromatic N) is 4. The number of allylic oxidation sites excluding steroid dienone is 7. The molecule has 20 nitrogen and oxygen atoms in total. The van der Waals surface area contributed by atoms with Crippen LogP contribution in [0.2, 0.25) is 0 Å². The number of methoxy groups -OCH3 is 3. The lowest BCUT2D eigenvalue weighted by Gasteiger charge is -2.42. The van der Waals surface area contributed by atoms with E-state index in [0.717, 1.165) is 43.4 Å². The van der Waals surface area contributed by atoms with Gasteiger partial charge in [-0.1, -0.05) is 81.9 Å². The first-order valence-electron chi connectivity index (χ1n) is 31.9. The molecular formula is C67H102N4O16. The molecule has 3 aliphatic heterocycles. The van der Waals surface area contributed by atoms with Gasteiger partial charge in [-0.05, 0) is 139 Å². The zero-order chi connectivity index (χ0) is 63.0. The lowest BCUT2D eigenvalue weighted by Crippen LogP contribution is -2.60. The van der Waals surface area contributed by atoms with Crippen molar-refractivity contribution in [3.8, 4) is 0 Å². The summed E-state index contributed by atoms with van der Waals surface area (Å²) in [6, 6.07) is 2.51. The van der Waals surface area contributed by atoms with Gasteiger partial charge in [0, 0.05) is 70.8 Å². The number of hydrogen-bond acceptors (Lipinski definition) is 18. The molecule has 0 aromatic carbocycles. The van der Waals surface area contributed by atoms with Crippen molar-refractivity contribution in [2.45, 2.75) is 206 Å². The first kappa shape index (κ1) is 71.1. The van der Waals surface area contributed by atoms with E-state index in [4.69, 9.17) is 42.3 Å². The molecule has 1 unspecified atom stereocenters. The number of aromatic nitrogens is 3. The molecule has 1 aliphatic carbocycles. The topological polar surface area (TPSA) is 247 Å². The fourth-order valence-corrected chi connectivity index (χ4v) is 12.7. The standard InChI is InChI=1S/C67H102N4O16/c1-44-19-12-11-13-20-45(2)54(57-23-18-31-84-57)41-53-26-24-50(7)67(78,87-53)64(75)65(76)71-28-16-14-22-55(71)66(77)86-59(42-56(72)46(3)38-49(6)62(74)63(81-10)61(73)48(5)37-44)47(4)39-51-25-27-58(60(40-51)80-9)85-30-17-15-21-52-43-70(69-68-52)29-32-82-35-36-83-34-33-79-8/h11-13,18-20,23,31,38,43-44,46-48,50-51,53-55,58-60,62-63,74,78H,14-17,21-22,24-30,32-37,39-42H2,1-10H3/b13-11+,19-12+,45-20+,49-38+/t44-,46-,47-,48-,50-,51+,53+,54?,55+,58-,59+,60-,62-,63+,67-/m1/s1. The Labute approximate surface area is 516 Å². The number of ketones is 3. The van der Waals surface area contributed by atoms with Crippen molar-refractivity contribution in [2.24, 2.45) is 35.5 Å². The molecule has 2 aromatic rings. The number of carbonyl (C=O) groups is 5. The minimum atomic E-state index is -2.46. The predicted octanol–water partition coefficient (Wildman–Crippen LogP) is 8.86. The Kier molecular flexibility index (Phi) is 29.4. The fourth-order valence-electron chi connectivity index (χ4n) is 12.7. The number of Topliss-reactive ketones (excluding diaryl/α,β-unsaturated/α-hetero) is 3. The molecule has 4 aliphatic rings. The summed E-state index contributed by atoms with van der Waals surface area (Å²) in [5.41, 5.74) is 2.24. The van der Waals surface area contributed by atoms with Crippen LogP contribution in [0, 0.1) is 35.5 Å². The molecule has 0 spiro atoms. The second kappa shape index (κ2) is 36.0. The van der Waals surface area contributed by atoms with Gasteiger partial charge in [0.15, 0.2) is 5.78 Å². The highest BCUT2D eigenvalue weighted by Gasteiger charge is 2.53. The number of aryl methyl sites for hydroxylation is 1. The van der Waals surface area contributed by atoms with Crippen LogP contribution in [0.15, 0.2) is 76.6 Å². The number of aliphatic hydroxyl groups is 2. The summed E-state index contributed by atoms with van der Waals surface area (Å²) in [6.45, 7) is 16.7. The van der Waals surface area contributed by atoms with Gasteiger partial charge in [-0.15, -0.1) is 5.10 Å². The van der Waals surface area contributed by atoms with E-state index in [0.29, 0.717) is 109 Å². The van der Waals surface area contributed by atoms with Gasteiger partial charge in [-0.2, -0.15) is 0 Å². The quantitative estimate of drug-likeness (QED) is 0.0513. The number of fused-ring (bicyclic) bond motifs is 3. The average molecular weight is 1220 g/mol. The monoisotopic (exact) mass is 1220 g/mol. The molecule has 2 N–H and O–H groups in total. The van der Waals surface area contributed by atoms with Crippen molar-refractivity contribution in [1.82, 2.24) is 19.9 Å². The predicted molar refractivity (Wildman–Crippen MR) is 326 cm³/mol. The van der Waals surface area contributed by atoms with E-state index in [1.165, 1.54) is 12.0 Å². The number of rotatable bonds is 21. The summed E-state index contributed by atoms with van der Waals surface area (Å²) in [4.78, 5) is 73.5. The molecule has 15 atom stereocenters. The minimum Gasteiger partial charge on any atom is -0.469 e. The van der Waals surface area contributed by atoms with Crippen molar-refractivity contribution >= 4 is 29.2 Å². The molecular weight excluding hydrogens is 1120 g/mol. The van der Waals surface area contributed by atoms with Gasteiger partial charge in [-0.25, -0.2) is 9.48 Å². The van der Waals surface area contributed by atoms with Crippen LogP contribution in [0.5, 0.6) is 0 Å². The van der Waals surface area contributed by atoms with Crippen molar-refractivity contribution in [2.75, 3.05) is 67.5 Å². The molecule has 2 saturated heterocycles. The van der Waals surface area contributed by atoms with Gasteiger partial charge in [-0.3, -0.25) is 19.2 Å². The number of cyclic esters (lactones) is 1. The van der Waals surface area contributed by atoms with Gasteiger partial charge >= 0.3 is 5.97 Å². The van der Waals surface area contributed by atoms with Crippen LogP contribution in [-0.4, -0.2) is 175 Å². The summed E-state index contributed by atoms with van der Waals surface area (Å²) >= 11 is 0. The van der Waals surface area contributed by atoms with Gasteiger partial charge in [0.25, 0.3) is 11.7 Å². The van der Waals surface area contributed by atoms with Crippen LogP contribution < -0.4 is 0 Å². The number of unbranched alkanes of at least 4 members (excludes halogenated alkanes) is 1. The molecule has 2 aromatic heterocycles. The van der Waals surface area contributed by atoms with Crippen LogP contribution in [-0.2, 0) is 74.8 Å². The number of aliphatic hydroxyl groups excluding tert-OH is 1. The van der Waals surface area contributed by atoms with Crippen molar-refractivity contribution < 1.29 is 76.5 Å². The molecule has 0 radical (unpaired) electrons. The first-order chi connectivity index (χ1) is 41.8. The highest BCUT2D eigenvalue weighted by atomic mass is 16.6. The smallest absolute Gasteiger partial charge is 0.329 e. The maximum Gasteiger partial charge on any atom is 0.329 e. The molecule has 20 heteroatoms. The molecule has 1 amide bonds. The maximum absolute atomic E-state index is 14.8. The highest BCUT2D eigenvalue weighted by molar-refractivity contribution is 6.39. The average Bonchev–Trinajstić information content (AvgIpc) is 4.23. The van der Waals surface area contributed by atoms with Gasteiger partial charge in [0.2, 0.25) is 5.79 Å². The molecule has 5 heterocycles. The number of piperidine rings is 1. The lowest BCUT2D eigenvalue weighted by molar-refractivity contribution is -0.264. The largest absolute Gasteiger partial charge is 0.469 e. The van der Waals surface area contributed by atoms with E-state index in [1.807, 2.05) is 70.3 Å². The number of esters is 1. The first-order valence-corrected chi connectivity index (χ1v) is 31.9. The van der Waals surface area contributed by atoms with Crippen molar-refractivity contribution in [1.29, 1.82) is 0 Å². The van der Waals surface area contributed by atoms with Crippen molar-refractivity contribution in [3.05, 3.63) is 83.6 Å². The van der Waals surface area contributed by atoms with E-state index in [-0.39, 0.29) is 66.8 Å². The van der Waals surface area contributed by atoms with Crippen LogP contribution in [0.25, 0.3) is 0 Å². The van der Waals surface area contributed by atoms with E-state index in [9.17, 15) is 34.2 Å². The molecule has 87 heavy (non-hydrogen) atoms. The molecule has 486 valence electrons. The number of amides is 1. The number of ether oxygens (including phenoxy) is 8. The van der Waals surface area contributed by atoms with Gasteiger partial charge < -0.3 is 57.4 Å². The molecule has 2 bridgehead atoms. The minimum absolute atomic E-state index is 0.00111. The van der Waals surface area contributed by atoms with Crippen molar-refractivity contribution in [3.63, 3.8) is 0 Å². The Morgan fingerprint density at radius 3 is 2.33 bits per heavy atom. The Hall–Kier alpha value is -5.03. The summed E-state index contributed by atoms with van der Waals surface area (Å²) in [6.07, 6.45) is 18.7. The third-order valence-corrected chi connectivity index (χ3v) is 18.1. The highest BCUT2D eigenvalue weighted by Crippen LogP contribution is 2.41. The Morgan fingerprint density at radius 2 is 1.60 bits per heavy atom.